The third-order valence-corrected chi connectivity index (χ3v) is 10.7. The first-order valence-electron chi connectivity index (χ1n) is 16.3. The smallest absolute Gasteiger partial charge is 0.131 e. The fourth-order valence-electron chi connectivity index (χ4n) is 8.85. The normalized spacial score (nSPS) is 12.4. The first-order chi connectivity index (χ1) is 23.7. The van der Waals surface area contributed by atoms with Crippen molar-refractivity contribution in [2.75, 3.05) is 0 Å². The molecule has 222 valence electrons. The highest BCUT2D eigenvalue weighted by molar-refractivity contribution is 6.48. The molecular formula is C46H24F2. The summed E-state index contributed by atoms with van der Waals surface area (Å²) in [6, 6.07) is 48.9. The molecule has 0 aliphatic carbocycles. The van der Waals surface area contributed by atoms with Crippen molar-refractivity contribution in [2.45, 2.75) is 0 Å². The van der Waals surface area contributed by atoms with Gasteiger partial charge in [0.25, 0.3) is 0 Å². The average molecular weight is 615 g/mol. The van der Waals surface area contributed by atoms with Gasteiger partial charge in [-0.15, -0.1) is 0 Å². The van der Waals surface area contributed by atoms with Crippen molar-refractivity contribution in [2.24, 2.45) is 0 Å². The van der Waals surface area contributed by atoms with E-state index in [2.05, 4.69) is 97.1 Å². The Bertz CT molecular complexity index is 2920. The van der Waals surface area contributed by atoms with Gasteiger partial charge in [0.1, 0.15) is 11.6 Å². The molecule has 0 radical (unpaired) electrons. The summed E-state index contributed by atoms with van der Waals surface area (Å²) >= 11 is 0. The van der Waals surface area contributed by atoms with Crippen LogP contribution in [0.25, 0.3) is 108 Å². The van der Waals surface area contributed by atoms with Gasteiger partial charge in [0, 0.05) is 11.1 Å². The molecule has 0 N–H and O–H groups in total. The molecule has 48 heavy (non-hydrogen) atoms. The maximum absolute atomic E-state index is 15.2. The fraction of sp³-hybridized carbons (Fsp3) is 0. The van der Waals surface area contributed by atoms with Gasteiger partial charge in [-0.1, -0.05) is 133 Å². The van der Waals surface area contributed by atoms with Gasteiger partial charge in [-0.25, -0.2) is 8.78 Å². The van der Waals surface area contributed by atoms with Crippen molar-refractivity contribution in [1.29, 1.82) is 0 Å². The highest BCUT2D eigenvalue weighted by Gasteiger charge is 2.23. The van der Waals surface area contributed by atoms with Crippen LogP contribution in [0.2, 0.25) is 0 Å². The largest absolute Gasteiger partial charge is 0.206 e. The molecule has 0 saturated heterocycles. The minimum atomic E-state index is -0.218. The Morgan fingerprint density at radius 2 is 0.521 bits per heavy atom. The Morgan fingerprint density at radius 3 is 0.938 bits per heavy atom. The molecule has 0 saturated carbocycles. The van der Waals surface area contributed by atoms with Gasteiger partial charge in [-0.05, 0) is 109 Å². The summed E-state index contributed by atoms with van der Waals surface area (Å²) in [7, 11) is 0. The van der Waals surface area contributed by atoms with E-state index in [-0.39, 0.29) is 11.6 Å². The summed E-state index contributed by atoms with van der Waals surface area (Å²) in [5.74, 6) is -0.436. The Kier molecular flexibility index (Phi) is 5.01. The SMILES string of the molecule is Fc1ccccc1-c1ccc2c3c1cccc3c1cccc3c1c2c1cccc2c4cccc5c(-c6ccccc6F)ccc(c54)c3c21. The Hall–Kier alpha value is -6.12. The third kappa shape index (κ3) is 3.17. The maximum atomic E-state index is 15.2. The molecule has 0 amide bonds. The predicted octanol–water partition coefficient (Wildman–Crippen LogP) is 13.4. The Labute approximate surface area is 273 Å². The number of halogens is 2. The van der Waals surface area contributed by atoms with Gasteiger partial charge >= 0.3 is 0 Å². The van der Waals surface area contributed by atoms with E-state index in [1.165, 1.54) is 66.0 Å². The van der Waals surface area contributed by atoms with Crippen LogP contribution in [-0.2, 0) is 0 Å². The van der Waals surface area contributed by atoms with Crippen LogP contribution in [0, 0.1) is 11.6 Å². The second kappa shape index (κ2) is 9.24. The second-order valence-corrected chi connectivity index (χ2v) is 12.9. The van der Waals surface area contributed by atoms with Gasteiger partial charge in [-0.3, -0.25) is 0 Å². The van der Waals surface area contributed by atoms with E-state index in [0.29, 0.717) is 11.1 Å². The molecule has 11 rings (SSSR count). The van der Waals surface area contributed by atoms with Crippen LogP contribution in [0.4, 0.5) is 8.78 Å². The quantitative estimate of drug-likeness (QED) is 0.134. The zero-order valence-electron chi connectivity index (χ0n) is 25.6. The number of hydrogen-bond acceptors (Lipinski definition) is 0. The zero-order chi connectivity index (χ0) is 31.7. The van der Waals surface area contributed by atoms with Gasteiger partial charge in [0.05, 0.1) is 0 Å². The Balaban J connectivity index is 1.38. The summed E-state index contributed by atoms with van der Waals surface area (Å²) in [6.45, 7) is 0. The van der Waals surface area contributed by atoms with E-state index in [9.17, 15) is 0 Å². The monoisotopic (exact) mass is 614 g/mol. The lowest BCUT2D eigenvalue weighted by Crippen LogP contribution is -1.94. The van der Waals surface area contributed by atoms with E-state index < -0.39 is 0 Å². The van der Waals surface area contributed by atoms with Crippen LogP contribution < -0.4 is 0 Å². The minimum Gasteiger partial charge on any atom is -0.206 e. The van der Waals surface area contributed by atoms with E-state index in [0.717, 1.165) is 43.4 Å². The lowest BCUT2D eigenvalue weighted by atomic mass is 9.80. The topological polar surface area (TPSA) is 0 Å². The molecule has 0 unspecified atom stereocenters. The predicted molar refractivity (Wildman–Crippen MR) is 200 cm³/mol. The summed E-state index contributed by atoms with van der Waals surface area (Å²) in [5.41, 5.74) is 3.03. The van der Waals surface area contributed by atoms with E-state index in [4.69, 9.17) is 0 Å². The van der Waals surface area contributed by atoms with Gasteiger partial charge in [-0.2, -0.15) is 0 Å². The molecule has 0 bridgehead atoms. The van der Waals surface area contributed by atoms with Crippen molar-refractivity contribution >= 4 is 86.2 Å². The van der Waals surface area contributed by atoms with Gasteiger partial charge in [0.15, 0.2) is 0 Å². The fourth-order valence-corrected chi connectivity index (χ4v) is 8.85. The second-order valence-electron chi connectivity index (χ2n) is 12.9. The number of rotatable bonds is 2. The molecule has 0 spiro atoms. The summed E-state index contributed by atoms with van der Waals surface area (Å²) in [5, 5.41) is 18.8. The first kappa shape index (κ1) is 26.0. The minimum absolute atomic E-state index is 0.218. The average Bonchev–Trinajstić information content (AvgIpc) is 3.13. The van der Waals surface area contributed by atoms with Crippen LogP contribution in [0.15, 0.2) is 146 Å². The van der Waals surface area contributed by atoms with E-state index in [1.807, 2.05) is 24.3 Å². The van der Waals surface area contributed by atoms with Crippen molar-refractivity contribution in [1.82, 2.24) is 0 Å². The third-order valence-electron chi connectivity index (χ3n) is 10.7. The van der Waals surface area contributed by atoms with Crippen LogP contribution in [0.1, 0.15) is 0 Å². The van der Waals surface area contributed by atoms with Crippen molar-refractivity contribution in [3.8, 4) is 22.3 Å². The van der Waals surface area contributed by atoms with Crippen LogP contribution in [-0.4, -0.2) is 0 Å². The lowest BCUT2D eigenvalue weighted by Gasteiger charge is -2.22. The first-order valence-corrected chi connectivity index (χ1v) is 16.3. The van der Waals surface area contributed by atoms with Crippen molar-refractivity contribution in [3.05, 3.63) is 157 Å². The van der Waals surface area contributed by atoms with Gasteiger partial charge < -0.3 is 0 Å². The molecular weight excluding hydrogens is 591 g/mol. The number of hydrogen-bond donors (Lipinski definition) is 0. The van der Waals surface area contributed by atoms with Crippen molar-refractivity contribution in [3.63, 3.8) is 0 Å². The summed E-state index contributed by atoms with van der Waals surface area (Å²) in [6.07, 6.45) is 0. The highest BCUT2D eigenvalue weighted by Crippen LogP contribution is 2.51. The maximum Gasteiger partial charge on any atom is 0.131 e. The number of benzene rings is 11. The molecule has 2 heteroatoms. The van der Waals surface area contributed by atoms with E-state index >= 15 is 8.78 Å². The molecule has 0 atom stereocenters. The molecule has 0 nitrogen and oxygen atoms in total. The summed E-state index contributed by atoms with van der Waals surface area (Å²) < 4.78 is 30.4. The molecule has 0 aromatic heterocycles. The van der Waals surface area contributed by atoms with E-state index in [1.54, 1.807) is 12.1 Å². The Morgan fingerprint density at radius 1 is 0.208 bits per heavy atom. The molecule has 0 aliphatic rings. The van der Waals surface area contributed by atoms with Crippen molar-refractivity contribution < 1.29 is 8.78 Å². The van der Waals surface area contributed by atoms with Crippen LogP contribution >= 0.6 is 0 Å². The highest BCUT2D eigenvalue weighted by atomic mass is 19.1. The molecule has 0 aliphatic heterocycles. The van der Waals surface area contributed by atoms with Gasteiger partial charge in [0.2, 0.25) is 0 Å². The number of fused-ring (bicyclic) bond motifs is 6. The summed E-state index contributed by atoms with van der Waals surface area (Å²) in [4.78, 5) is 0. The van der Waals surface area contributed by atoms with Crippen LogP contribution in [0.5, 0.6) is 0 Å². The lowest BCUT2D eigenvalue weighted by molar-refractivity contribution is 0.631. The molecule has 11 aromatic rings. The zero-order valence-corrected chi connectivity index (χ0v) is 25.6. The van der Waals surface area contributed by atoms with Crippen LogP contribution in [0.3, 0.4) is 0 Å². The molecule has 11 aromatic carbocycles. The molecule has 0 heterocycles. The standard InChI is InChI=1S/C46H24F2/c47-39-19-3-1-9-27(39)25-21-23-37-41-29(25)11-5-13-31(41)33-15-7-18-36-43(33)45(37)35-17-8-16-34-32-14-6-12-30-26(28-10-2-4-20-40(28)48)22-24-38(42(30)32)46(36)44(34)35/h1-24H. The molecule has 0 fully saturated rings.